The first-order chi connectivity index (χ1) is 9.40. The number of hydrogen-bond donors (Lipinski definition) is 1. The minimum atomic E-state index is -3.29. The maximum absolute atomic E-state index is 11.1. The molecule has 5 nitrogen and oxygen atoms in total. The van der Waals surface area contributed by atoms with E-state index in [1.54, 1.807) is 43.4 Å². The quantitative estimate of drug-likeness (QED) is 0.496. The first-order valence-electron chi connectivity index (χ1n) is 6.00. The van der Waals surface area contributed by atoms with E-state index in [0.717, 1.165) is 11.8 Å². The van der Waals surface area contributed by atoms with E-state index in [1.165, 1.54) is 6.08 Å². The Labute approximate surface area is 119 Å². The van der Waals surface area contributed by atoms with Gasteiger partial charge in [0.2, 0.25) is 10.0 Å². The molecule has 0 atom stereocenters. The van der Waals surface area contributed by atoms with Crippen LogP contribution in [-0.4, -0.2) is 27.2 Å². The van der Waals surface area contributed by atoms with Gasteiger partial charge in [-0.15, -0.1) is 0 Å². The largest absolute Gasteiger partial charge is 0.463 e. The van der Waals surface area contributed by atoms with E-state index in [9.17, 15) is 13.2 Å². The van der Waals surface area contributed by atoms with Crippen molar-refractivity contribution in [3.63, 3.8) is 0 Å². The highest BCUT2D eigenvalue weighted by Crippen LogP contribution is 2.13. The summed E-state index contributed by atoms with van der Waals surface area (Å²) in [5.74, 6) is -0.398. The standard InChI is InChI=1S/C14H17NO4S/c1-3-19-14(16)10-5-4-7-12-8-6-9-13(11-12)15-20(2,17)18/h4-11,15H,3H2,1-2H3/b7-4+,10-5+. The highest BCUT2D eigenvalue weighted by atomic mass is 32.2. The Hall–Kier alpha value is -2.08. The highest BCUT2D eigenvalue weighted by Gasteiger charge is 2.00. The van der Waals surface area contributed by atoms with Gasteiger partial charge in [-0.1, -0.05) is 30.4 Å². The number of anilines is 1. The summed E-state index contributed by atoms with van der Waals surface area (Å²) in [6.07, 6.45) is 7.41. The molecule has 0 saturated heterocycles. The predicted octanol–water partition coefficient (Wildman–Crippen LogP) is 2.19. The van der Waals surface area contributed by atoms with E-state index >= 15 is 0 Å². The second kappa shape index (κ2) is 7.49. The highest BCUT2D eigenvalue weighted by molar-refractivity contribution is 7.92. The maximum atomic E-state index is 11.1. The van der Waals surface area contributed by atoms with Gasteiger partial charge in [-0.05, 0) is 24.6 Å². The van der Waals surface area contributed by atoms with Crippen molar-refractivity contribution < 1.29 is 17.9 Å². The number of benzene rings is 1. The molecule has 0 radical (unpaired) electrons. The summed E-state index contributed by atoms with van der Waals surface area (Å²) in [4.78, 5) is 11.0. The third-order valence-corrected chi connectivity index (χ3v) is 2.72. The Kier molecular flexibility index (Phi) is 5.99. The molecule has 1 aromatic carbocycles. The second-order valence-corrected chi connectivity index (χ2v) is 5.72. The van der Waals surface area contributed by atoms with Crippen LogP contribution in [0, 0.1) is 0 Å². The lowest BCUT2D eigenvalue weighted by Crippen LogP contribution is -2.09. The molecule has 0 aliphatic rings. The van der Waals surface area contributed by atoms with Crippen molar-refractivity contribution in [1.29, 1.82) is 0 Å². The molecule has 0 bridgehead atoms. The SMILES string of the molecule is CCOC(=O)/C=C/C=C/c1cccc(NS(C)(=O)=O)c1. The summed E-state index contributed by atoms with van der Waals surface area (Å²) >= 11 is 0. The number of allylic oxidation sites excluding steroid dienone is 2. The normalized spacial score (nSPS) is 11.9. The van der Waals surface area contributed by atoms with E-state index in [1.807, 2.05) is 6.07 Å². The fourth-order valence-electron chi connectivity index (χ4n) is 1.41. The number of ether oxygens (including phenoxy) is 1. The van der Waals surface area contributed by atoms with Gasteiger partial charge in [0.1, 0.15) is 0 Å². The molecule has 108 valence electrons. The van der Waals surface area contributed by atoms with Gasteiger partial charge < -0.3 is 4.74 Å². The average molecular weight is 295 g/mol. The fraction of sp³-hybridized carbons (Fsp3) is 0.214. The zero-order valence-corrected chi connectivity index (χ0v) is 12.2. The van der Waals surface area contributed by atoms with Gasteiger partial charge in [-0.3, -0.25) is 4.72 Å². The zero-order valence-electron chi connectivity index (χ0n) is 11.4. The van der Waals surface area contributed by atoms with Gasteiger partial charge in [0, 0.05) is 11.8 Å². The molecular formula is C14H17NO4S. The van der Waals surface area contributed by atoms with Crippen LogP contribution in [0.15, 0.2) is 42.5 Å². The number of sulfonamides is 1. The lowest BCUT2D eigenvalue weighted by Gasteiger charge is -2.03. The molecular weight excluding hydrogens is 278 g/mol. The van der Waals surface area contributed by atoms with E-state index < -0.39 is 16.0 Å². The number of carbonyl (C=O) groups is 1. The lowest BCUT2D eigenvalue weighted by atomic mass is 10.2. The summed E-state index contributed by atoms with van der Waals surface area (Å²) in [6, 6.07) is 6.91. The van der Waals surface area contributed by atoms with Crippen LogP contribution in [0.3, 0.4) is 0 Å². The third kappa shape index (κ3) is 6.75. The molecule has 6 heteroatoms. The number of rotatable bonds is 6. The molecule has 0 aliphatic carbocycles. The zero-order chi connectivity index (χ0) is 15.0. The van der Waals surface area contributed by atoms with Crippen LogP contribution in [0.5, 0.6) is 0 Å². The summed E-state index contributed by atoms with van der Waals surface area (Å²) < 4.78 is 29.4. The van der Waals surface area contributed by atoms with Gasteiger partial charge >= 0.3 is 5.97 Å². The molecule has 0 amide bonds. The Morgan fingerprint density at radius 3 is 2.75 bits per heavy atom. The van der Waals surface area contributed by atoms with Crippen molar-refractivity contribution in [1.82, 2.24) is 0 Å². The van der Waals surface area contributed by atoms with Crippen LogP contribution in [0.2, 0.25) is 0 Å². The number of hydrogen-bond acceptors (Lipinski definition) is 4. The van der Waals surface area contributed by atoms with Crippen LogP contribution >= 0.6 is 0 Å². The van der Waals surface area contributed by atoms with Crippen LogP contribution in [0.4, 0.5) is 5.69 Å². The van der Waals surface area contributed by atoms with Crippen molar-refractivity contribution in [3.8, 4) is 0 Å². The van der Waals surface area contributed by atoms with E-state index in [0.29, 0.717) is 12.3 Å². The van der Waals surface area contributed by atoms with Crippen LogP contribution in [0.1, 0.15) is 12.5 Å². The van der Waals surface area contributed by atoms with Gasteiger partial charge in [0.15, 0.2) is 0 Å². The van der Waals surface area contributed by atoms with Gasteiger partial charge in [0.05, 0.1) is 12.9 Å². The Morgan fingerprint density at radius 1 is 1.35 bits per heavy atom. The molecule has 20 heavy (non-hydrogen) atoms. The number of esters is 1. The Morgan fingerprint density at radius 2 is 2.10 bits per heavy atom. The summed E-state index contributed by atoms with van der Waals surface area (Å²) in [5.41, 5.74) is 1.30. The Balaban J connectivity index is 2.69. The first kappa shape index (κ1) is 16.0. The van der Waals surface area contributed by atoms with Crippen LogP contribution < -0.4 is 4.72 Å². The van der Waals surface area contributed by atoms with E-state index in [4.69, 9.17) is 4.74 Å². The molecule has 0 spiro atoms. The molecule has 0 heterocycles. The Bertz CT molecular complexity index is 618. The van der Waals surface area contributed by atoms with Crippen molar-refractivity contribution in [3.05, 3.63) is 48.1 Å². The van der Waals surface area contributed by atoms with Crippen molar-refractivity contribution >= 4 is 27.8 Å². The fourth-order valence-corrected chi connectivity index (χ4v) is 1.97. The minimum absolute atomic E-state index is 0.339. The van der Waals surface area contributed by atoms with Crippen LogP contribution in [-0.2, 0) is 19.6 Å². The predicted molar refractivity (Wildman–Crippen MR) is 79.7 cm³/mol. The minimum Gasteiger partial charge on any atom is -0.463 e. The molecule has 0 aliphatic heterocycles. The van der Waals surface area contributed by atoms with Crippen molar-refractivity contribution in [2.24, 2.45) is 0 Å². The van der Waals surface area contributed by atoms with Crippen molar-refractivity contribution in [2.45, 2.75) is 6.92 Å². The van der Waals surface area contributed by atoms with Crippen LogP contribution in [0.25, 0.3) is 6.08 Å². The van der Waals surface area contributed by atoms with Gasteiger partial charge in [0.25, 0.3) is 0 Å². The molecule has 1 aromatic rings. The number of carbonyl (C=O) groups excluding carboxylic acids is 1. The van der Waals surface area contributed by atoms with E-state index in [2.05, 4.69) is 4.72 Å². The molecule has 0 fully saturated rings. The van der Waals surface area contributed by atoms with Gasteiger partial charge in [-0.25, -0.2) is 13.2 Å². The average Bonchev–Trinajstić information content (AvgIpc) is 2.33. The number of nitrogens with one attached hydrogen (secondary N) is 1. The summed E-state index contributed by atoms with van der Waals surface area (Å²) in [6.45, 7) is 2.08. The molecule has 1 N–H and O–H groups in total. The van der Waals surface area contributed by atoms with E-state index in [-0.39, 0.29) is 0 Å². The smallest absolute Gasteiger partial charge is 0.330 e. The summed E-state index contributed by atoms with van der Waals surface area (Å²) in [5, 5.41) is 0. The van der Waals surface area contributed by atoms with Gasteiger partial charge in [-0.2, -0.15) is 0 Å². The molecule has 1 rings (SSSR count). The maximum Gasteiger partial charge on any atom is 0.330 e. The monoisotopic (exact) mass is 295 g/mol. The first-order valence-corrected chi connectivity index (χ1v) is 7.89. The second-order valence-electron chi connectivity index (χ2n) is 3.97. The molecule has 0 unspecified atom stereocenters. The summed E-state index contributed by atoms with van der Waals surface area (Å²) in [7, 11) is -3.29. The molecule has 0 saturated carbocycles. The molecule has 0 aromatic heterocycles. The third-order valence-electron chi connectivity index (χ3n) is 2.11. The topological polar surface area (TPSA) is 72.5 Å². The lowest BCUT2D eigenvalue weighted by molar-refractivity contribution is -0.137. The van der Waals surface area contributed by atoms with Crippen molar-refractivity contribution in [2.75, 3.05) is 17.6 Å².